The fraction of sp³-hybridized carbons (Fsp3) is 0.625. The molecule has 1 aliphatic rings. The Balaban J connectivity index is 2.42. The molecule has 0 aliphatic carbocycles. The first-order chi connectivity index (χ1) is 5.29. The molecule has 3 nitrogen and oxygen atoms in total. The van der Waals surface area contributed by atoms with Gasteiger partial charge in [-0.05, 0) is 12.3 Å². The Morgan fingerprint density at radius 2 is 2.27 bits per heavy atom. The number of H-pyrrole nitrogens is 1. The molecule has 3 heteroatoms. The van der Waals surface area contributed by atoms with Crippen LogP contribution in [0.5, 0.6) is 0 Å². The van der Waals surface area contributed by atoms with E-state index in [9.17, 15) is 0 Å². The summed E-state index contributed by atoms with van der Waals surface area (Å²) in [7, 11) is 0. The standard InChI is InChI=1S/C8H13N3/c1-5(2)7-6-3-4-9-8(6)11-10-7/h5H,3-4H2,1-2H3,(H2,9,10,11). The summed E-state index contributed by atoms with van der Waals surface area (Å²) in [6.07, 6.45) is 1.12. The smallest absolute Gasteiger partial charge is 0.151 e. The summed E-state index contributed by atoms with van der Waals surface area (Å²) in [4.78, 5) is 0. The van der Waals surface area contributed by atoms with E-state index in [0.717, 1.165) is 18.8 Å². The second-order valence-electron chi connectivity index (χ2n) is 3.30. The number of hydrogen-bond acceptors (Lipinski definition) is 2. The topological polar surface area (TPSA) is 40.7 Å². The highest BCUT2D eigenvalue weighted by Crippen LogP contribution is 2.27. The van der Waals surface area contributed by atoms with Crippen LogP contribution in [0.15, 0.2) is 0 Å². The Bertz CT molecular complexity index is 262. The van der Waals surface area contributed by atoms with Crippen LogP contribution in [0.4, 0.5) is 5.82 Å². The minimum atomic E-state index is 0.561. The average Bonchev–Trinajstić information content (AvgIpc) is 2.41. The molecule has 60 valence electrons. The van der Waals surface area contributed by atoms with Crippen LogP contribution < -0.4 is 5.32 Å². The molecule has 0 aromatic carbocycles. The zero-order valence-corrected chi connectivity index (χ0v) is 6.94. The Labute approximate surface area is 66.2 Å². The van der Waals surface area contributed by atoms with E-state index in [1.165, 1.54) is 11.3 Å². The van der Waals surface area contributed by atoms with Crippen molar-refractivity contribution in [3.63, 3.8) is 0 Å². The molecule has 11 heavy (non-hydrogen) atoms. The average molecular weight is 151 g/mol. The summed E-state index contributed by atoms with van der Waals surface area (Å²) >= 11 is 0. The van der Waals surface area contributed by atoms with Gasteiger partial charge in [-0.1, -0.05) is 13.8 Å². The molecule has 2 N–H and O–H groups in total. The first-order valence-electron chi connectivity index (χ1n) is 4.10. The molecule has 1 aromatic heterocycles. The van der Waals surface area contributed by atoms with E-state index < -0.39 is 0 Å². The molecule has 0 saturated carbocycles. The quantitative estimate of drug-likeness (QED) is 0.638. The maximum atomic E-state index is 4.18. The van der Waals surface area contributed by atoms with Crippen LogP contribution in [0.2, 0.25) is 0 Å². The number of anilines is 1. The summed E-state index contributed by atoms with van der Waals surface area (Å²) < 4.78 is 0. The van der Waals surface area contributed by atoms with Gasteiger partial charge in [-0.25, -0.2) is 0 Å². The van der Waals surface area contributed by atoms with E-state index in [-0.39, 0.29) is 0 Å². The Hall–Kier alpha value is -0.990. The molecule has 1 aliphatic heterocycles. The molecule has 0 amide bonds. The van der Waals surface area contributed by atoms with Crippen LogP contribution in [-0.4, -0.2) is 16.7 Å². The minimum Gasteiger partial charge on any atom is -0.368 e. The van der Waals surface area contributed by atoms with Crippen molar-refractivity contribution in [1.82, 2.24) is 10.2 Å². The van der Waals surface area contributed by atoms with E-state index in [4.69, 9.17) is 0 Å². The van der Waals surface area contributed by atoms with E-state index in [0.29, 0.717) is 5.92 Å². The van der Waals surface area contributed by atoms with Crippen LogP contribution in [0, 0.1) is 0 Å². The van der Waals surface area contributed by atoms with E-state index in [1.807, 2.05) is 0 Å². The third-order valence-corrected chi connectivity index (χ3v) is 2.14. The van der Waals surface area contributed by atoms with Crippen molar-refractivity contribution in [2.45, 2.75) is 26.2 Å². The van der Waals surface area contributed by atoms with Gasteiger partial charge in [-0.15, -0.1) is 0 Å². The second-order valence-corrected chi connectivity index (χ2v) is 3.30. The molecule has 0 fully saturated rings. The number of nitrogens with one attached hydrogen (secondary N) is 2. The normalized spacial score (nSPS) is 15.2. The van der Waals surface area contributed by atoms with Crippen molar-refractivity contribution in [2.24, 2.45) is 0 Å². The van der Waals surface area contributed by atoms with Crippen LogP contribution in [0.25, 0.3) is 0 Å². The van der Waals surface area contributed by atoms with Gasteiger partial charge in [0.15, 0.2) is 5.82 Å². The van der Waals surface area contributed by atoms with E-state index >= 15 is 0 Å². The van der Waals surface area contributed by atoms with Crippen LogP contribution in [0.3, 0.4) is 0 Å². The monoisotopic (exact) mass is 151 g/mol. The predicted octanol–water partition coefficient (Wildman–Crippen LogP) is 1.50. The molecule has 2 rings (SSSR count). The van der Waals surface area contributed by atoms with Crippen molar-refractivity contribution >= 4 is 5.82 Å². The fourth-order valence-corrected chi connectivity index (χ4v) is 1.56. The number of aromatic nitrogens is 2. The minimum absolute atomic E-state index is 0.561. The van der Waals surface area contributed by atoms with Crippen molar-refractivity contribution in [3.05, 3.63) is 11.3 Å². The van der Waals surface area contributed by atoms with Gasteiger partial charge < -0.3 is 5.32 Å². The first-order valence-corrected chi connectivity index (χ1v) is 4.10. The molecular formula is C8H13N3. The lowest BCUT2D eigenvalue weighted by Gasteiger charge is -2.01. The van der Waals surface area contributed by atoms with Gasteiger partial charge in [0.1, 0.15) is 0 Å². The van der Waals surface area contributed by atoms with Gasteiger partial charge >= 0.3 is 0 Å². The maximum absolute atomic E-state index is 4.18. The largest absolute Gasteiger partial charge is 0.368 e. The van der Waals surface area contributed by atoms with Crippen LogP contribution >= 0.6 is 0 Å². The SMILES string of the molecule is CC(C)c1[nH]nc2c1CCN2. The highest BCUT2D eigenvalue weighted by molar-refractivity contribution is 5.51. The number of hydrogen-bond donors (Lipinski definition) is 2. The first kappa shape index (κ1) is 6.70. The molecule has 2 heterocycles. The molecule has 0 bridgehead atoms. The molecule has 0 radical (unpaired) electrons. The maximum Gasteiger partial charge on any atom is 0.151 e. The number of rotatable bonds is 1. The number of aromatic amines is 1. The van der Waals surface area contributed by atoms with Gasteiger partial charge in [-0.3, -0.25) is 5.10 Å². The molecule has 1 aromatic rings. The van der Waals surface area contributed by atoms with Gasteiger partial charge in [0.05, 0.1) is 0 Å². The Morgan fingerprint density at radius 3 is 3.00 bits per heavy atom. The summed E-state index contributed by atoms with van der Waals surface area (Å²) in [5, 5.41) is 10.5. The third kappa shape index (κ3) is 0.914. The van der Waals surface area contributed by atoms with E-state index in [2.05, 4.69) is 29.4 Å². The van der Waals surface area contributed by atoms with Crippen LogP contribution in [0.1, 0.15) is 31.0 Å². The molecule has 0 spiro atoms. The number of nitrogens with zero attached hydrogens (tertiary/aromatic N) is 1. The van der Waals surface area contributed by atoms with Crippen molar-refractivity contribution in [1.29, 1.82) is 0 Å². The van der Waals surface area contributed by atoms with Crippen molar-refractivity contribution in [2.75, 3.05) is 11.9 Å². The van der Waals surface area contributed by atoms with Gasteiger partial charge in [0, 0.05) is 17.8 Å². The lowest BCUT2D eigenvalue weighted by molar-refractivity contribution is 0.793. The van der Waals surface area contributed by atoms with Crippen LogP contribution in [-0.2, 0) is 6.42 Å². The third-order valence-electron chi connectivity index (χ3n) is 2.14. The lowest BCUT2D eigenvalue weighted by atomic mass is 10.1. The Morgan fingerprint density at radius 1 is 1.45 bits per heavy atom. The number of fused-ring (bicyclic) bond motifs is 1. The lowest BCUT2D eigenvalue weighted by Crippen LogP contribution is -1.97. The predicted molar refractivity (Wildman–Crippen MR) is 44.9 cm³/mol. The highest BCUT2D eigenvalue weighted by atomic mass is 15.2. The Kier molecular flexibility index (Phi) is 1.37. The van der Waals surface area contributed by atoms with Crippen molar-refractivity contribution in [3.8, 4) is 0 Å². The second kappa shape index (κ2) is 2.26. The molecular weight excluding hydrogens is 138 g/mol. The zero-order valence-electron chi connectivity index (χ0n) is 6.94. The summed E-state index contributed by atoms with van der Waals surface area (Å²) in [6, 6.07) is 0. The van der Waals surface area contributed by atoms with E-state index in [1.54, 1.807) is 0 Å². The van der Waals surface area contributed by atoms with Gasteiger partial charge in [0.2, 0.25) is 0 Å². The highest BCUT2D eigenvalue weighted by Gasteiger charge is 2.19. The summed E-state index contributed by atoms with van der Waals surface area (Å²) in [5.74, 6) is 1.62. The summed E-state index contributed by atoms with van der Waals surface area (Å²) in [6.45, 7) is 5.42. The molecule has 0 atom stereocenters. The fourth-order valence-electron chi connectivity index (χ4n) is 1.56. The summed E-state index contributed by atoms with van der Waals surface area (Å²) in [5.41, 5.74) is 2.69. The van der Waals surface area contributed by atoms with Gasteiger partial charge in [-0.2, -0.15) is 5.10 Å². The zero-order chi connectivity index (χ0) is 7.84. The molecule has 0 unspecified atom stereocenters. The van der Waals surface area contributed by atoms with Crippen molar-refractivity contribution < 1.29 is 0 Å². The molecule has 0 saturated heterocycles. The van der Waals surface area contributed by atoms with Gasteiger partial charge in [0.25, 0.3) is 0 Å².